The predicted molar refractivity (Wildman–Crippen MR) is 150 cm³/mol. The van der Waals surface area contributed by atoms with Gasteiger partial charge in [-0.3, -0.25) is 19.2 Å². The van der Waals surface area contributed by atoms with Crippen LogP contribution in [0.25, 0.3) is 0 Å². The minimum atomic E-state index is -1.58. The summed E-state index contributed by atoms with van der Waals surface area (Å²) in [6.45, 7) is -2.20. The molecule has 4 amide bonds. The third-order valence-electron chi connectivity index (χ3n) is 6.50. The highest BCUT2D eigenvalue weighted by Crippen LogP contribution is 2.12. The molecule has 0 bridgehead atoms. The van der Waals surface area contributed by atoms with Gasteiger partial charge in [-0.15, -0.1) is 0 Å². The van der Waals surface area contributed by atoms with E-state index in [2.05, 4.69) is 21.3 Å². The Bertz CT molecular complexity index is 1210. The standard InChI is InChI=1S/C28H37N5O9/c1-29-20(12-18-8-10-19(36)11-9-18)26(39)31-21(15-34)25(38)30-14-24(37)33(2)23(13-17-6-4-3-5-7-17)27(40)32-22(16-35)28(41)42/h3-11,20-23,29,34-36H,12-16H2,1-2H3,(H,30,38)(H,31,39)(H,32,40)(H,41,42)/t20-,21+,22+,23-/m0/s1. The molecular weight excluding hydrogens is 550 g/mol. The smallest absolute Gasteiger partial charge is 0.328 e. The average Bonchev–Trinajstić information content (AvgIpc) is 2.99. The number of amides is 4. The van der Waals surface area contributed by atoms with Crippen LogP contribution in [0.2, 0.25) is 0 Å². The van der Waals surface area contributed by atoms with Crippen LogP contribution < -0.4 is 21.3 Å². The molecule has 228 valence electrons. The van der Waals surface area contributed by atoms with Crippen molar-refractivity contribution < 1.29 is 44.4 Å². The molecule has 0 saturated heterocycles. The Morgan fingerprint density at radius 2 is 1.33 bits per heavy atom. The first-order chi connectivity index (χ1) is 20.0. The fraction of sp³-hybridized carbons (Fsp3) is 0.393. The molecule has 0 saturated carbocycles. The maximum absolute atomic E-state index is 13.0. The van der Waals surface area contributed by atoms with Gasteiger partial charge in [-0.2, -0.15) is 0 Å². The molecule has 0 radical (unpaired) electrons. The maximum Gasteiger partial charge on any atom is 0.328 e. The molecule has 0 spiro atoms. The molecule has 2 aromatic rings. The Morgan fingerprint density at radius 1 is 0.762 bits per heavy atom. The fourth-order valence-electron chi connectivity index (χ4n) is 3.94. The van der Waals surface area contributed by atoms with Gasteiger partial charge < -0.3 is 46.6 Å². The van der Waals surface area contributed by atoms with Crippen molar-refractivity contribution in [2.24, 2.45) is 0 Å². The van der Waals surface area contributed by atoms with Crippen molar-refractivity contribution in [2.45, 2.75) is 37.0 Å². The van der Waals surface area contributed by atoms with Gasteiger partial charge in [0.1, 0.15) is 23.9 Å². The SMILES string of the molecule is CN[C@@H](Cc1ccc(O)cc1)C(=O)N[C@H](CO)C(=O)NCC(=O)N(C)[C@@H](Cc1ccccc1)C(=O)N[C@H](CO)C(=O)O. The van der Waals surface area contributed by atoms with Crippen molar-refractivity contribution in [3.63, 3.8) is 0 Å². The van der Waals surface area contributed by atoms with Gasteiger partial charge in [0, 0.05) is 13.5 Å². The molecule has 8 N–H and O–H groups in total. The second kappa shape index (κ2) is 16.7. The van der Waals surface area contributed by atoms with Gasteiger partial charge >= 0.3 is 5.97 Å². The number of carbonyl (C=O) groups excluding carboxylic acids is 4. The van der Waals surface area contributed by atoms with Crippen molar-refractivity contribution in [3.8, 4) is 5.75 Å². The molecule has 0 aromatic heterocycles. The zero-order valence-corrected chi connectivity index (χ0v) is 23.3. The quantitative estimate of drug-likeness (QED) is 0.105. The second-order valence-electron chi connectivity index (χ2n) is 9.47. The fourth-order valence-corrected chi connectivity index (χ4v) is 3.94. The van der Waals surface area contributed by atoms with Crippen molar-refractivity contribution >= 4 is 29.6 Å². The second-order valence-corrected chi connectivity index (χ2v) is 9.47. The van der Waals surface area contributed by atoms with E-state index in [-0.39, 0.29) is 18.6 Å². The molecule has 4 atom stereocenters. The molecule has 14 nitrogen and oxygen atoms in total. The summed E-state index contributed by atoms with van der Waals surface area (Å²) in [6, 6.07) is 9.98. The molecular formula is C28H37N5O9. The summed E-state index contributed by atoms with van der Waals surface area (Å²) in [5.41, 5.74) is 1.41. The largest absolute Gasteiger partial charge is 0.508 e. The number of nitrogens with one attached hydrogen (secondary N) is 4. The van der Waals surface area contributed by atoms with Gasteiger partial charge in [0.15, 0.2) is 0 Å². The molecule has 0 aliphatic heterocycles. The van der Waals surface area contributed by atoms with E-state index in [0.717, 1.165) is 10.5 Å². The lowest BCUT2D eigenvalue weighted by Crippen LogP contribution is -2.57. The normalized spacial score (nSPS) is 13.6. The van der Waals surface area contributed by atoms with Crippen LogP contribution in [0.15, 0.2) is 54.6 Å². The highest BCUT2D eigenvalue weighted by Gasteiger charge is 2.31. The number of aliphatic hydroxyl groups is 2. The maximum atomic E-state index is 13.0. The zero-order valence-electron chi connectivity index (χ0n) is 23.3. The Balaban J connectivity index is 2.04. The van der Waals surface area contributed by atoms with E-state index in [1.165, 1.54) is 19.2 Å². The predicted octanol–water partition coefficient (Wildman–Crippen LogP) is -2.25. The molecule has 0 aliphatic carbocycles. The van der Waals surface area contributed by atoms with Crippen LogP contribution >= 0.6 is 0 Å². The van der Waals surface area contributed by atoms with Gasteiger partial charge in [0.2, 0.25) is 23.6 Å². The number of aromatic hydroxyl groups is 1. The number of carbonyl (C=O) groups is 5. The van der Waals surface area contributed by atoms with Crippen molar-refractivity contribution in [1.82, 2.24) is 26.2 Å². The lowest BCUT2D eigenvalue weighted by molar-refractivity contribution is -0.145. The van der Waals surface area contributed by atoms with Crippen LogP contribution in [0.5, 0.6) is 5.75 Å². The van der Waals surface area contributed by atoms with Crippen molar-refractivity contribution in [2.75, 3.05) is 33.9 Å². The van der Waals surface area contributed by atoms with Crippen LogP contribution in [0.1, 0.15) is 11.1 Å². The van der Waals surface area contributed by atoms with Crippen LogP contribution in [0.3, 0.4) is 0 Å². The highest BCUT2D eigenvalue weighted by molar-refractivity contribution is 5.94. The van der Waals surface area contributed by atoms with Crippen LogP contribution in [0, 0.1) is 0 Å². The van der Waals surface area contributed by atoms with E-state index in [1.807, 2.05) is 0 Å². The Kier molecular flexibility index (Phi) is 13.4. The van der Waals surface area contributed by atoms with E-state index in [1.54, 1.807) is 49.5 Å². The van der Waals surface area contributed by atoms with E-state index >= 15 is 0 Å². The number of carboxylic acids is 1. The average molecular weight is 588 g/mol. The summed E-state index contributed by atoms with van der Waals surface area (Å²) in [7, 11) is 2.86. The number of aliphatic carboxylic acids is 1. The van der Waals surface area contributed by atoms with E-state index in [0.29, 0.717) is 5.56 Å². The van der Waals surface area contributed by atoms with Crippen LogP contribution in [-0.4, -0.2) is 113 Å². The molecule has 0 heterocycles. The van der Waals surface area contributed by atoms with Gasteiger partial charge in [0.05, 0.1) is 25.8 Å². The molecule has 2 aromatic carbocycles. The Labute approximate surface area is 242 Å². The number of benzene rings is 2. The number of hydrogen-bond donors (Lipinski definition) is 8. The lowest BCUT2D eigenvalue weighted by Gasteiger charge is -2.29. The zero-order chi connectivity index (χ0) is 31.2. The van der Waals surface area contributed by atoms with Gasteiger partial charge in [-0.05, 0) is 36.7 Å². The number of aliphatic hydroxyl groups excluding tert-OH is 2. The van der Waals surface area contributed by atoms with E-state index in [4.69, 9.17) is 0 Å². The topological polar surface area (TPSA) is 218 Å². The number of nitrogens with zero attached hydrogens (tertiary/aromatic N) is 1. The molecule has 2 rings (SSSR count). The lowest BCUT2D eigenvalue weighted by atomic mass is 10.0. The Hall–Kier alpha value is -4.53. The summed E-state index contributed by atoms with van der Waals surface area (Å²) in [5, 5.41) is 47.5. The molecule has 0 fully saturated rings. The molecule has 0 unspecified atom stereocenters. The molecule has 42 heavy (non-hydrogen) atoms. The third kappa shape index (κ3) is 10.1. The monoisotopic (exact) mass is 587 g/mol. The minimum Gasteiger partial charge on any atom is -0.508 e. The van der Waals surface area contributed by atoms with Crippen LogP contribution in [-0.2, 0) is 36.8 Å². The van der Waals surface area contributed by atoms with Crippen LogP contribution in [0.4, 0.5) is 0 Å². The van der Waals surface area contributed by atoms with Gasteiger partial charge in [-0.1, -0.05) is 42.5 Å². The number of hydrogen-bond acceptors (Lipinski definition) is 9. The highest BCUT2D eigenvalue weighted by atomic mass is 16.4. The first-order valence-electron chi connectivity index (χ1n) is 13.1. The van der Waals surface area contributed by atoms with E-state index in [9.17, 15) is 44.4 Å². The summed E-state index contributed by atoms with van der Waals surface area (Å²) in [4.78, 5) is 63.8. The van der Waals surface area contributed by atoms with E-state index < -0.39 is 73.5 Å². The minimum absolute atomic E-state index is 0.0163. The van der Waals surface area contributed by atoms with Gasteiger partial charge in [0.25, 0.3) is 0 Å². The van der Waals surface area contributed by atoms with Crippen molar-refractivity contribution in [3.05, 3.63) is 65.7 Å². The number of likely N-dealkylation sites (N-methyl/N-ethyl adjacent to an activating group) is 2. The third-order valence-corrected chi connectivity index (χ3v) is 6.50. The number of phenols is 1. The number of carboxylic acid groups (broad SMARTS) is 1. The molecule has 0 aliphatic rings. The first-order valence-corrected chi connectivity index (χ1v) is 13.1. The number of phenolic OH excluding ortho intramolecular Hbond substituents is 1. The first kappa shape index (κ1) is 33.7. The van der Waals surface area contributed by atoms with Crippen molar-refractivity contribution in [1.29, 1.82) is 0 Å². The summed E-state index contributed by atoms with van der Waals surface area (Å²) >= 11 is 0. The summed E-state index contributed by atoms with van der Waals surface area (Å²) in [5.74, 6) is -4.34. The summed E-state index contributed by atoms with van der Waals surface area (Å²) in [6.07, 6.45) is 0.248. The summed E-state index contributed by atoms with van der Waals surface area (Å²) < 4.78 is 0. The van der Waals surface area contributed by atoms with Gasteiger partial charge in [-0.25, -0.2) is 4.79 Å². The Morgan fingerprint density at radius 3 is 1.88 bits per heavy atom. The number of rotatable bonds is 16. The molecule has 14 heteroatoms.